The van der Waals surface area contributed by atoms with Crippen molar-refractivity contribution >= 4 is 33.0 Å². The fraction of sp³-hybridized carbons (Fsp3) is 0.167. The largest absolute Gasteiger partial charge is 0.354 e. The molecule has 4 nitrogen and oxygen atoms in total. The molecule has 0 atom stereocenters. The monoisotopic (exact) mass is 314 g/mol. The first-order chi connectivity index (χ1) is 9.61. The van der Waals surface area contributed by atoms with Crippen molar-refractivity contribution in [1.82, 2.24) is 14.6 Å². The first-order valence-corrected chi connectivity index (χ1v) is 6.95. The maximum atomic E-state index is 12.1. The second-order valence-electron chi connectivity index (χ2n) is 4.04. The lowest BCUT2D eigenvalue weighted by Gasteiger charge is -1.98. The fourth-order valence-electron chi connectivity index (χ4n) is 1.70. The summed E-state index contributed by atoms with van der Waals surface area (Å²) in [6, 6.07) is 7.30. The molecule has 0 saturated carbocycles. The van der Waals surface area contributed by atoms with Crippen LogP contribution in [-0.4, -0.2) is 27.6 Å². The summed E-state index contributed by atoms with van der Waals surface area (Å²) in [6.45, 7) is -0.416. The Labute approximate surface area is 122 Å². The summed E-state index contributed by atoms with van der Waals surface area (Å²) in [5.74, 6) is 0. The molecule has 1 aromatic carbocycles. The molecule has 0 radical (unpaired) electrons. The van der Waals surface area contributed by atoms with E-state index in [1.807, 2.05) is 12.1 Å². The first-order valence-electron chi connectivity index (χ1n) is 5.76. The second kappa shape index (κ2) is 5.34. The number of benzene rings is 1. The number of nitrogens with one attached hydrogen (secondary N) is 1. The smallest absolute Gasteiger partial charge is 0.255 e. The molecule has 3 aromatic rings. The number of rotatable bonds is 4. The van der Waals surface area contributed by atoms with Crippen LogP contribution in [0.1, 0.15) is 0 Å². The SMILES string of the molecule is FC(F)CNc1nn2cc(-c3ccc(Cl)cc3)nc2s1. The Morgan fingerprint density at radius 3 is 2.70 bits per heavy atom. The first kappa shape index (κ1) is 13.3. The van der Waals surface area contributed by atoms with Crippen LogP contribution in [0.4, 0.5) is 13.9 Å². The van der Waals surface area contributed by atoms with Crippen LogP contribution in [-0.2, 0) is 0 Å². The predicted molar refractivity (Wildman–Crippen MR) is 75.8 cm³/mol. The van der Waals surface area contributed by atoms with Gasteiger partial charge in [0.1, 0.15) is 0 Å². The van der Waals surface area contributed by atoms with Gasteiger partial charge in [-0.1, -0.05) is 35.1 Å². The van der Waals surface area contributed by atoms with E-state index in [4.69, 9.17) is 11.6 Å². The summed E-state index contributed by atoms with van der Waals surface area (Å²) in [5.41, 5.74) is 1.69. The van der Waals surface area contributed by atoms with Crippen molar-refractivity contribution in [2.45, 2.75) is 6.43 Å². The van der Waals surface area contributed by atoms with Gasteiger partial charge in [-0.25, -0.2) is 18.3 Å². The van der Waals surface area contributed by atoms with E-state index in [0.717, 1.165) is 11.3 Å². The van der Waals surface area contributed by atoms with Gasteiger partial charge >= 0.3 is 0 Å². The number of imidazole rings is 1. The number of nitrogens with zero attached hydrogens (tertiary/aromatic N) is 3. The molecule has 0 aliphatic heterocycles. The zero-order valence-corrected chi connectivity index (χ0v) is 11.6. The molecule has 20 heavy (non-hydrogen) atoms. The minimum Gasteiger partial charge on any atom is -0.354 e. The minimum atomic E-state index is -2.41. The fourth-order valence-corrected chi connectivity index (χ4v) is 2.61. The van der Waals surface area contributed by atoms with Crippen LogP contribution in [0, 0.1) is 0 Å². The van der Waals surface area contributed by atoms with Crippen LogP contribution in [0.25, 0.3) is 16.2 Å². The highest BCUT2D eigenvalue weighted by Crippen LogP contribution is 2.25. The summed E-state index contributed by atoms with van der Waals surface area (Å²) >= 11 is 7.06. The van der Waals surface area contributed by atoms with Crippen molar-refractivity contribution in [1.29, 1.82) is 0 Å². The lowest BCUT2D eigenvalue weighted by atomic mass is 10.2. The third-order valence-electron chi connectivity index (χ3n) is 2.59. The number of hydrogen-bond acceptors (Lipinski definition) is 4. The van der Waals surface area contributed by atoms with Crippen molar-refractivity contribution in [3.8, 4) is 11.3 Å². The summed E-state index contributed by atoms with van der Waals surface area (Å²) in [7, 11) is 0. The number of alkyl halides is 2. The molecule has 3 rings (SSSR count). The van der Waals surface area contributed by atoms with Crippen LogP contribution in [0.5, 0.6) is 0 Å². The summed E-state index contributed by atoms with van der Waals surface area (Å²) in [4.78, 5) is 5.05. The standard InChI is InChI=1S/C12H9ClF2N4S/c13-8-3-1-7(2-4-8)9-6-19-12(17-9)20-11(18-19)16-5-10(14)15/h1-4,6,10H,5H2,(H,16,18). The van der Waals surface area contributed by atoms with Gasteiger partial charge in [0, 0.05) is 10.6 Å². The highest BCUT2D eigenvalue weighted by atomic mass is 35.5. The van der Waals surface area contributed by atoms with Gasteiger partial charge < -0.3 is 5.32 Å². The molecule has 8 heteroatoms. The van der Waals surface area contributed by atoms with Gasteiger partial charge in [0.2, 0.25) is 10.1 Å². The molecule has 0 bridgehead atoms. The molecule has 0 unspecified atom stereocenters. The van der Waals surface area contributed by atoms with Gasteiger partial charge in [-0.3, -0.25) is 0 Å². The van der Waals surface area contributed by atoms with E-state index in [0.29, 0.717) is 15.1 Å². The highest BCUT2D eigenvalue weighted by molar-refractivity contribution is 7.20. The van der Waals surface area contributed by atoms with Gasteiger partial charge in [-0.2, -0.15) is 0 Å². The Morgan fingerprint density at radius 2 is 2.05 bits per heavy atom. The summed E-state index contributed by atoms with van der Waals surface area (Å²) in [6.07, 6.45) is -0.654. The topological polar surface area (TPSA) is 42.2 Å². The Balaban J connectivity index is 1.85. The van der Waals surface area contributed by atoms with E-state index in [1.54, 1.807) is 22.8 Å². The van der Waals surface area contributed by atoms with Gasteiger partial charge in [0.15, 0.2) is 0 Å². The molecule has 0 aliphatic carbocycles. The maximum Gasteiger partial charge on any atom is 0.255 e. The molecule has 0 amide bonds. The number of fused-ring (bicyclic) bond motifs is 1. The average molecular weight is 315 g/mol. The second-order valence-corrected chi connectivity index (χ2v) is 5.43. The van der Waals surface area contributed by atoms with Gasteiger partial charge in [0.25, 0.3) is 6.43 Å². The van der Waals surface area contributed by atoms with Crippen molar-refractivity contribution in [2.75, 3.05) is 11.9 Å². The molecule has 0 fully saturated rings. The van der Waals surface area contributed by atoms with E-state index in [1.165, 1.54) is 11.3 Å². The molecule has 0 spiro atoms. The minimum absolute atomic E-state index is 0.416. The molecular weight excluding hydrogens is 306 g/mol. The predicted octanol–water partition coefficient (Wildman–Crippen LogP) is 3.79. The average Bonchev–Trinajstić information content (AvgIpc) is 2.95. The number of hydrogen-bond donors (Lipinski definition) is 1. The quantitative estimate of drug-likeness (QED) is 0.796. The summed E-state index contributed by atoms with van der Waals surface area (Å²) in [5, 5.41) is 7.80. The Kier molecular flexibility index (Phi) is 3.54. The molecule has 2 heterocycles. The third-order valence-corrected chi connectivity index (χ3v) is 3.72. The summed E-state index contributed by atoms with van der Waals surface area (Å²) < 4.78 is 25.8. The van der Waals surface area contributed by atoms with Crippen molar-refractivity contribution in [3.63, 3.8) is 0 Å². The highest BCUT2D eigenvalue weighted by Gasteiger charge is 2.10. The van der Waals surface area contributed by atoms with E-state index in [2.05, 4.69) is 15.4 Å². The van der Waals surface area contributed by atoms with Crippen LogP contribution in [0.15, 0.2) is 30.5 Å². The van der Waals surface area contributed by atoms with Crippen LogP contribution in [0.2, 0.25) is 5.02 Å². The van der Waals surface area contributed by atoms with Gasteiger partial charge in [-0.05, 0) is 12.1 Å². The lowest BCUT2D eigenvalue weighted by Crippen LogP contribution is -2.09. The third kappa shape index (κ3) is 2.73. The Hall–Kier alpha value is -1.73. The maximum absolute atomic E-state index is 12.1. The molecule has 1 N–H and O–H groups in total. The number of halogens is 3. The Bertz CT molecular complexity index is 691. The molecule has 104 valence electrons. The lowest BCUT2D eigenvalue weighted by molar-refractivity contribution is 0.163. The van der Waals surface area contributed by atoms with Crippen molar-refractivity contribution < 1.29 is 8.78 Å². The zero-order valence-electron chi connectivity index (χ0n) is 10.1. The molecule has 0 aliphatic rings. The molecule has 0 saturated heterocycles. The van der Waals surface area contributed by atoms with Crippen molar-refractivity contribution in [3.05, 3.63) is 35.5 Å². The molecule has 2 aromatic heterocycles. The van der Waals surface area contributed by atoms with Crippen LogP contribution >= 0.6 is 22.9 Å². The molecular formula is C12H9ClF2N4S. The van der Waals surface area contributed by atoms with E-state index in [9.17, 15) is 8.78 Å². The van der Waals surface area contributed by atoms with Gasteiger partial charge in [-0.15, -0.1) is 5.10 Å². The number of aromatic nitrogens is 3. The van der Waals surface area contributed by atoms with E-state index < -0.39 is 13.0 Å². The van der Waals surface area contributed by atoms with Gasteiger partial charge in [0.05, 0.1) is 18.4 Å². The van der Waals surface area contributed by atoms with E-state index >= 15 is 0 Å². The van der Waals surface area contributed by atoms with Crippen LogP contribution < -0.4 is 5.32 Å². The van der Waals surface area contributed by atoms with Crippen molar-refractivity contribution in [2.24, 2.45) is 0 Å². The van der Waals surface area contributed by atoms with E-state index in [-0.39, 0.29) is 0 Å². The zero-order chi connectivity index (χ0) is 14.1. The Morgan fingerprint density at radius 1 is 1.30 bits per heavy atom. The van der Waals surface area contributed by atoms with Crippen LogP contribution in [0.3, 0.4) is 0 Å². The normalized spacial score (nSPS) is 11.4. The number of anilines is 1.